The first kappa shape index (κ1) is 20.1. The number of aromatic nitrogens is 4. The van der Waals surface area contributed by atoms with E-state index in [0.29, 0.717) is 26.1 Å². The summed E-state index contributed by atoms with van der Waals surface area (Å²) in [4.78, 5) is 16.3. The van der Waals surface area contributed by atoms with Crippen LogP contribution in [0, 0.1) is 11.3 Å². The van der Waals surface area contributed by atoms with Crippen molar-refractivity contribution in [3.05, 3.63) is 90.1 Å². The van der Waals surface area contributed by atoms with Crippen molar-refractivity contribution in [2.45, 2.75) is 26.1 Å². The van der Waals surface area contributed by atoms with Crippen molar-refractivity contribution < 1.29 is 4.79 Å². The number of fused-ring (bicyclic) bond motifs is 1. The Kier molecular flexibility index (Phi) is 6.19. The second-order valence-electron chi connectivity index (χ2n) is 7.16. The van der Waals surface area contributed by atoms with E-state index in [-0.39, 0.29) is 5.91 Å². The summed E-state index contributed by atoms with van der Waals surface area (Å²) in [6, 6.07) is 18.2. The molecule has 1 amide bonds. The Morgan fingerprint density at radius 3 is 2.71 bits per heavy atom. The van der Waals surface area contributed by atoms with E-state index in [4.69, 9.17) is 5.26 Å². The van der Waals surface area contributed by atoms with Crippen molar-refractivity contribution in [3.8, 4) is 6.07 Å². The number of rotatable bonds is 8. The standard InChI is InChI=1S/C24H22N6O/c25-12-3-13-29-16-21(22-4-1-2-5-23(22)29)10-11-24(31)27-14-19-6-8-20(9-7-19)15-30-18-26-17-28-30/h1-2,4-11,16-18H,3,13-15H2,(H,27,31)/b11-10+. The molecule has 1 N–H and O–H groups in total. The zero-order valence-corrected chi connectivity index (χ0v) is 17.0. The topological polar surface area (TPSA) is 88.5 Å². The Morgan fingerprint density at radius 1 is 1.13 bits per heavy atom. The lowest BCUT2D eigenvalue weighted by Gasteiger charge is -2.05. The van der Waals surface area contributed by atoms with Gasteiger partial charge in [-0.2, -0.15) is 10.4 Å². The van der Waals surface area contributed by atoms with E-state index in [0.717, 1.165) is 27.6 Å². The fraction of sp³-hybridized carbons (Fsp3) is 0.167. The molecule has 7 heteroatoms. The number of nitriles is 1. The molecule has 2 heterocycles. The van der Waals surface area contributed by atoms with Crippen LogP contribution in [0.2, 0.25) is 0 Å². The van der Waals surface area contributed by atoms with E-state index in [9.17, 15) is 4.79 Å². The van der Waals surface area contributed by atoms with Gasteiger partial charge in [-0.3, -0.25) is 4.79 Å². The van der Waals surface area contributed by atoms with Gasteiger partial charge < -0.3 is 9.88 Å². The van der Waals surface area contributed by atoms with Crippen molar-refractivity contribution in [2.75, 3.05) is 0 Å². The van der Waals surface area contributed by atoms with Crippen LogP contribution in [-0.4, -0.2) is 25.2 Å². The highest BCUT2D eigenvalue weighted by Gasteiger charge is 2.06. The Balaban J connectivity index is 1.36. The van der Waals surface area contributed by atoms with Gasteiger partial charge in [0.2, 0.25) is 5.91 Å². The summed E-state index contributed by atoms with van der Waals surface area (Å²) in [5.41, 5.74) is 4.16. The third-order valence-electron chi connectivity index (χ3n) is 5.00. The van der Waals surface area contributed by atoms with E-state index < -0.39 is 0 Å². The number of hydrogen-bond donors (Lipinski definition) is 1. The SMILES string of the molecule is N#CCCn1cc(/C=C/C(=O)NCc2ccc(Cn3cncn3)cc2)c2ccccc21. The normalized spacial score (nSPS) is 11.1. The molecule has 0 aliphatic rings. The summed E-state index contributed by atoms with van der Waals surface area (Å²) in [5.74, 6) is -0.152. The minimum atomic E-state index is -0.152. The van der Waals surface area contributed by atoms with Gasteiger partial charge in [-0.15, -0.1) is 0 Å². The third-order valence-corrected chi connectivity index (χ3v) is 5.00. The first-order valence-electron chi connectivity index (χ1n) is 10.0. The van der Waals surface area contributed by atoms with Crippen molar-refractivity contribution in [1.82, 2.24) is 24.6 Å². The number of hydrogen-bond acceptors (Lipinski definition) is 4. The van der Waals surface area contributed by atoms with Crippen molar-refractivity contribution in [1.29, 1.82) is 5.26 Å². The number of amides is 1. The minimum absolute atomic E-state index is 0.152. The second kappa shape index (κ2) is 9.55. The first-order chi connectivity index (χ1) is 15.2. The van der Waals surface area contributed by atoms with Crippen LogP contribution in [0.15, 0.2) is 73.5 Å². The summed E-state index contributed by atoms with van der Waals surface area (Å²) >= 11 is 0. The lowest BCUT2D eigenvalue weighted by Crippen LogP contribution is -2.20. The maximum absolute atomic E-state index is 12.3. The van der Waals surface area contributed by atoms with Crippen LogP contribution in [0.25, 0.3) is 17.0 Å². The van der Waals surface area contributed by atoms with Gasteiger partial charge in [-0.05, 0) is 23.3 Å². The maximum Gasteiger partial charge on any atom is 0.244 e. The number of carbonyl (C=O) groups excluding carboxylic acids is 1. The number of carbonyl (C=O) groups is 1. The van der Waals surface area contributed by atoms with Crippen LogP contribution in [0.5, 0.6) is 0 Å². The summed E-state index contributed by atoms with van der Waals surface area (Å²) in [5, 5.41) is 17.0. The molecule has 0 radical (unpaired) electrons. The molecular weight excluding hydrogens is 388 g/mol. The van der Waals surface area contributed by atoms with Crippen LogP contribution < -0.4 is 5.32 Å². The number of benzene rings is 2. The van der Waals surface area contributed by atoms with Crippen molar-refractivity contribution in [2.24, 2.45) is 0 Å². The third kappa shape index (κ3) is 5.06. The maximum atomic E-state index is 12.3. The van der Waals surface area contributed by atoms with Gasteiger partial charge in [0.25, 0.3) is 0 Å². The second-order valence-corrected chi connectivity index (χ2v) is 7.16. The smallest absolute Gasteiger partial charge is 0.244 e. The summed E-state index contributed by atoms with van der Waals surface area (Å²) in [6.45, 7) is 1.75. The monoisotopic (exact) mass is 410 g/mol. The Labute approximate surface area is 180 Å². The molecular formula is C24H22N6O. The van der Waals surface area contributed by atoms with Crippen LogP contribution in [0.4, 0.5) is 0 Å². The fourth-order valence-corrected chi connectivity index (χ4v) is 3.44. The molecule has 4 aromatic rings. The molecule has 2 aromatic heterocycles. The molecule has 0 aliphatic carbocycles. The highest BCUT2D eigenvalue weighted by Crippen LogP contribution is 2.22. The molecule has 31 heavy (non-hydrogen) atoms. The van der Waals surface area contributed by atoms with Crippen molar-refractivity contribution in [3.63, 3.8) is 0 Å². The van der Waals surface area contributed by atoms with Gasteiger partial charge in [0, 0.05) is 41.8 Å². The van der Waals surface area contributed by atoms with Crippen molar-refractivity contribution >= 4 is 22.9 Å². The fourth-order valence-electron chi connectivity index (χ4n) is 3.44. The molecule has 0 bridgehead atoms. The number of nitrogens with one attached hydrogen (secondary N) is 1. The lowest BCUT2D eigenvalue weighted by molar-refractivity contribution is -0.116. The largest absolute Gasteiger partial charge is 0.348 e. The summed E-state index contributed by atoms with van der Waals surface area (Å²) in [6.07, 6.45) is 9.00. The van der Waals surface area contributed by atoms with E-state index in [2.05, 4.69) is 26.0 Å². The highest BCUT2D eigenvalue weighted by atomic mass is 16.1. The quantitative estimate of drug-likeness (QED) is 0.450. The van der Waals surface area contributed by atoms with Gasteiger partial charge in [-0.1, -0.05) is 42.5 Å². The number of para-hydroxylation sites is 1. The zero-order valence-electron chi connectivity index (χ0n) is 17.0. The van der Waals surface area contributed by atoms with Gasteiger partial charge in [-0.25, -0.2) is 9.67 Å². The van der Waals surface area contributed by atoms with Gasteiger partial charge in [0.05, 0.1) is 19.0 Å². The Morgan fingerprint density at radius 2 is 1.94 bits per heavy atom. The lowest BCUT2D eigenvalue weighted by atomic mass is 10.1. The summed E-state index contributed by atoms with van der Waals surface area (Å²) in [7, 11) is 0. The van der Waals surface area contributed by atoms with E-state index >= 15 is 0 Å². The molecule has 154 valence electrons. The van der Waals surface area contributed by atoms with Crippen LogP contribution in [-0.2, 0) is 24.4 Å². The summed E-state index contributed by atoms with van der Waals surface area (Å²) < 4.78 is 3.82. The number of aryl methyl sites for hydroxylation is 1. The Hall–Kier alpha value is -4.18. The minimum Gasteiger partial charge on any atom is -0.348 e. The van der Waals surface area contributed by atoms with Gasteiger partial charge in [0.1, 0.15) is 12.7 Å². The molecule has 0 aliphatic heterocycles. The van der Waals surface area contributed by atoms with Gasteiger partial charge >= 0.3 is 0 Å². The van der Waals surface area contributed by atoms with Gasteiger partial charge in [0.15, 0.2) is 0 Å². The molecule has 2 aromatic carbocycles. The first-order valence-corrected chi connectivity index (χ1v) is 10.0. The number of nitrogens with zero attached hydrogens (tertiary/aromatic N) is 5. The van der Waals surface area contributed by atoms with Crippen LogP contribution in [0.3, 0.4) is 0 Å². The van der Waals surface area contributed by atoms with E-state index in [1.165, 1.54) is 6.33 Å². The molecule has 0 unspecified atom stereocenters. The molecule has 0 atom stereocenters. The molecule has 0 saturated carbocycles. The van der Waals surface area contributed by atoms with E-state index in [1.807, 2.05) is 60.8 Å². The molecule has 7 nitrogen and oxygen atoms in total. The highest BCUT2D eigenvalue weighted by molar-refractivity contribution is 5.96. The predicted molar refractivity (Wildman–Crippen MR) is 119 cm³/mol. The molecule has 0 saturated heterocycles. The molecule has 4 rings (SSSR count). The van der Waals surface area contributed by atoms with Crippen LogP contribution in [0.1, 0.15) is 23.1 Å². The van der Waals surface area contributed by atoms with Crippen LogP contribution >= 0.6 is 0 Å². The Bertz CT molecular complexity index is 1230. The molecule has 0 fully saturated rings. The average molecular weight is 410 g/mol. The van der Waals surface area contributed by atoms with E-state index in [1.54, 1.807) is 17.1 Å². The average Bonchev–Trinajstić information content (AvgIpc) is 3.44. The predicted octanol–water partition coefficient (Wildman–Crippen LogP) is 3.52. The molecule has 0 spiro atoms. The zero-order chi connectivity index (χ0) is 21.5.